The Morgan fingerprint density at radius 1 is 1.17 bits per heavy atom. The highest BCUT2D eigenvalue weighted by Gasteiger charge is 2.20. The Labute approximate surface area is 183 Å². The van der Waals surface area contributed by atoms with E-state index in [1.807, 2.05) is 19.3 Å². The number of hydrogen-bond acceptors (Lipinski definition) is 6. The van der Waals surface area contributed by atoms with Crippen LogP contribution < -0.4 is 14.8 Å². The van der Waals surface area contributed by atoms with Crippen LogP contribution >= 0.6 is 11.3 Å². The van der Waals surface area contributed by atoms with Gasteiger partial charge >= 0.3 is 0 Å². The third kappa shape index (κ3) is 5.86. The summed E-state index contributed by atoms with van der Waals surface area (Å²) in [5, 5.41) is 4.69. The van der Waals surface area contributed by atoms with Gasteiger partial charge in [-0.05, 0) is 24.1 Å². The second-order valence-electron chi connectivity index (χ2n) is 7.25. The van der Waals surface area contributed by atoms with Crippen molar-refractivity contribution >= 4 is 17.3 Å². The van der Waals surface area contributed by atoms with Crippen molar-refractivity contribution in [3.8, 4) is 11.5 Å². The van der Waals surface area contributed by atoms with Gasteiger partial charge in [0.05, 0.1) is 19.2 Å². The molecule has 0 bridgehead atoms. The second kappa shape index (κ2) is 11.2. The Kier molecular flexibility index (Phi) is 8.33. The summed E-state index contributed by atoms with van der Waals surface area (Å²) < 4.78 is 10.8. The summed E-state index contributed by atoms with van der Waals surface area (Å²) in [6, 6.07) is 6.15. The first-order valence-electron chi connectivity index (χ1n) is 10.5. The van der Waals surface area contributed by atoms with Crippen LogP contribution in [0.4, 0.5) is 0 Å². The molecule has 1 saturated heterocycles. The van der Waals surface area contributed by atoms with Crippen molar-refractivity contribution in [2.75, 3.05) is 54.0 Å². The Bertz CT molecular complexity index is 831. The topological polar surface area (TPSA) is 62.2 Å². The molecule has 0 spiro atoms. The molecular weight excluding hydrogens is 398 g/mol. The first-order chi connectivity index (χ1) is 14.7. The van der Waals surface area contributed by atoms with Crippen molar-refractivity contribution in [1.29, 1.82) is 0 Å². The normalized spacial score (nSPS) is 15.3. The molecule has 164 valence electrons. The molecule has 7 nitrogen and oxygen atoms in total. The Hall–Kier alpha value is -2.32. The van der Waals surface area contributed by atoms with Crippen molar-refractivity contribution < 1.29 is 9.47 Å². The molecule has 1 aromatic heterocycles. The lowest BCUT2D eigenvalue weighted by atomic mass is 10.1. The molecule has 0 radical (unpaired) electrons. The molecule has 0 amide bonds. The lowest BCUT2D eigenvalue weighted by Gasteiger charge is -2.36. The molecule has 0 atom stereocenters. The number of guanidine groups is 1. The fourth-order valence-corrected chi connectivity index (χ4v) is 4.46. The maximum atomic E-state index is 5.43. The Balaban J connectivity index is 1.45. The third-order valence-corrected chi connectivity index (χ3v) is 6.51. The van der Waals surface area contributed by atoms with Crippen LogP contribution in [-0.2, 0) is 19.4 Å². The number of aryl methyl sites for hydroxylation is 1. The van der Waals surface area contributed by atoms with Crippen LogP contribution in [0.5, 0.6) is 11.5 Å². The highest BCUT2D eigenvalue weighted by atomic mass is 32.1. The van der Waals surface area contributed by atoms with Gasteiger partial charge in [-0.25, -0.2) is 4.98 Å². The van der Waals surface area contributed by atoms with Gasteiger partial charge < -0.3 is 19.7 Å². The van der Waals surface area contributed by atoms with E-state index in [0.717, 1.165) is 69.6 Å². The number of hydrogen-bond donors (Lipinski definition) is 1. The van der Waals surface area contributed by atoms with E-state index in [0.29, 0.717) is 0 Å². The third-order valence-electron chi connectivity index (χ3n) is 5.31. The van der Waals surface area contributed by atoms with Gasteiger partial charge in [0.1, 0.15) is 0 Å². The zero-order valence-corrected chi connectivity index (χ0v) is 19.3. The number of thiazole rings is 1. The molecule has 0 aliphatic carbocycles. The predicted molar refractivity (Wildman–Crippen MR) is 123 cm³/mol. The number of nitrogens with one attached hydrogen (secondary N) is 1. The summed E-state index contributed by atoms with van der Waals surface area (Å²) in [7, 11) is 5.20. The molecule has 2 aromatic rings. The average Bonchev–Trinajstić information content (AvgIpc) is 3.25. The van der Waals surface area contributed by atoms with E-state index in [-0.39, 0.29) is 0 Å². The maximum Gasteiger partial charge on any atom is 0.193 e. The van der Waals surface area contributed by atoms with E-state index in [4.69, 9.17) is 9.47 Å². The molecule has 30 heavy (non-hydrogen) atoms. The van der Waals surface area contributed by atoms with Gasteiger partial charge in [-0.3, -0.25) is 9.89 Å². The summed E-state index contributed by atoms with van der Waals surface area (Å²) in [5.41, 5.74) is 1.23. The van der Waals surface area contributed by atoms with Crippen LogP contribution in [0.15, 0.2) is 29.4 Å². The fraction of sp³-hybridized carbons (Fsp3) is 0.545. The van der Waals surface area contributed by atoms with E-state index in [1.54, 1.807) is 25.6 Å². The monoisotopic (exact) mass is 431 g/mol. The molecule has 1 aromatic carbocycles. The van der Waals surface area contributed by atoms with Crippen LogP contribution in [0.3, 0.4) is 0 Å². The quantitative estimate of drug-likeness (QED) is 0.512. The van der Waals surface area contributed by atoms with Crippen LogP contribution in [0, 0.1) is 0 Å². The summed E-state index contributed by atoms with van der Waals surface area (Å²) in [5.74, 6) is 2.53. The molecule has 3 rings (SSSR count). The number of benzene rings is 1. The van der Waals surface area contributed by atoms with Crippen molar-refractivity contribution in [2.45, 2.75) is 26.3 Å². The first kappa shape index (κ1) is 22.4. The van der Waals surface area contributed by atoms with Crippen LogP contribution in [0.2, 0.25) is 0 Å². The van der Waals surface area contributed by atoms with Gasteiger partial charge in [0.2, 0.25) is 0 Å². The Morgan fingerprint density at radius 3 is 2.57 bits per heavy atom. The Morgan fingerprint density at radius 2 is 1.93 bits per heavy atom. The lowest BCUT2D eigenvalue weighted by Crippen LogP contribution is -2.52. The number of rotatable bonds is 8. The minimum atomic E-state index is 0.768. The van der Waals surface area contributed by atoms with Gasteiger partial charge in [0.15, 0.2) is 17.5 Å². The number of piperazine rings is 1. The zero-order valence-electron chi connectivity index (χ0n) is 18.5. The summed E-state index contributed by atoms with van der Waals surface area (Å²) in [6.07, 6.45) is 3.98. The van der Waals surface area contributed by atoms with Gasteiger partial charge in [-0.1, -0.05) is 13.0 Å². The minimum absolute atomic E-state index is 0.768. The number of aromatic nitrogens is 1. The lowest BCUT2D eigenvalue weighted by molar-refractivity contribution is 0.172. The van der Waals surface area contributed by atoms with Crippen molar-refractivity contribution in [3.05, 3.63) is 39.8 Å². The molecule has 1 aliphatic rings. The molecule has 8 heteroatoms. The maximum absolute atomic E-state index is 5.43. The smallest absolute Gasteiger partial charge is 0.193 e. The highest BCUT2D eigenvalue weighted by molar-refractivity contribution is 7.11. The number of ether oxygens (including phenoxy) is 2. The molecule has 0 saturated carbocycles. The fourth-order valence-electron chi connectivity index (χ4n) is 3.60. The highest BCUT2D eigenvalue weighted by Crippen LogP contribution is 2.28. The predicted octanol–water partition coefficient (Wildman–Crippen LogP) is 2.66. The SMILES string of the molecule is CCc1cnc(CCNC(=NC)N2CCN(Cc3ccc(OC)c(OC)c3)CC2)s1. The largest absolute Gasteiger partial charge is 0.493 e. The molecule has 1 N–H and O–H groups in total. The molecule has 0 unspecified atom stereocenters. The number of aliphatic imine (C=N–C) groups is 1. The first-order valence-corrected chi connectivity index (χ1v) is 11.3. The van der Waals surface area contributed by atoms with E-state index < -0.39 is 0 Å². The number of methoxy groups -OCH3 is 2. The van der Waals surface area contributed by atoms with Crippen molar-refractivity contribution in [3.63, 3.8) is 0 Å². The van der Waals surface area contributed by atoms with Gasteiger partial charge in [0, 0.05) is 63.8 Å². The van der Waals surface area contributed by atoms with Crippen LogP contribution in [0.1, 0.15) is 22.4 Å². The molecule has 1 aliphatic heterocycles. The van der Waals surface area contributed by atoms with Crippen molar-refractivity contribution in [1.82, 2.24) is 20.1 Å². The molecule has 2 heterocycles. The van der Waals surface area contributed by atoms with E-state index in [9.17, 15) is 0 Å². The number of nitrogens with zero attached hydrogens (tertiary/aromatic N) is 4. The van der Waals surface area contributed by atoms with E-state index in [2.05, 4.69) is 44.1 Å². The molecular formula is C22H33N5O2S. The van der Waals surface area contributed by atoms with E-state index >= 15 is 0 Å². The minimum Gasteiger partial charge on any atom is -0.493 e. The van der Waals surface area contributed by atoms with Crippen LogP contribution in [-0.4, -0.2) is 74.7 Å². The van der Waals surface area contributed by atoms with Gasteiger partial charge in [-0.15, -0.1) is 11.3 Å². The summed E-state index contributed by atoms with van der Waals surface area (Å²) >= 11 is 1.81. The summed E-state index contributed by atoms with van der Waals surface area (Å²) in [4.78, 5) is 15.1. The van der Waals surface area contributed by atoms with Crippen LogP contribution in [0.25, 0.3) is 0 Å². The summed E-state index contributed by atoms with van der Waals surface area (Å²) in [6.45, 7) is 7.86. The van der Waals surface area contributed by atoms with Crippen molar-refractivity contribution in [2.24, 2.45) is 4.99 Å². The standard InChI is InChI=1S/C22H33N5O2S/c1-5-18-15-25-21(30-18)8-9-24-22(23-2)27-12-10-26(11-13-27)16-17-6-7-19(28-3)20(14-17)29-4/h6-7,14-15H,5,8-13,16H2,1-4H3,(H,23,24). The molecule has 1 fully saturated rings. The second-order valence-corrected chi connectivity index (χ2v) is 8.45. The zero-order chi connectivity index (χ0) is 21.3. The van der Waals surface area contributed by atoms with Gasteiger partial charge in [0.25, 0.3) is 0 Å². The van der Waals surface area contributed by atoms with Gasteiger partial charge in [-0.2, -0.15) is 0 Å². The van der Waals surface area contributed by atoms with E-state index in [1.165, 1.54) is 15.4 Å². The average molecular weight is 432 g/mol.